The molecule has 1 N–H and O–H groups in total. The highest BCUT2D eigenvalue weighted by Crippen LogP contribution is 2.47. The van der Waals surface area contributed by atoms with Crippen LogP contribution in [0.3, 0.4) is 0 Å². The molecule has 1 aliphatic heterocycles. The van der Waals surface area contributed by atoms with Gasteiger partial charge in [0, 0.05) is 0 Å². The predicted molar refractivity (Wildman–Crippen MR) is 91.2 cm³/mol. The number of benzene rings is 1. The van der Waals surface area contributed by atoms with Crippen LogP contribution in [0.5, 0.6) is 0 Å². The molecule has 3 rings (SSSR count). The van der Waals surface area contributed by atoms with Crippen molar-refractivity contribution in [2.24, 2.45) is 0 Å². The van der Waals surface area contributed by atoms with E-state index in [0.29, 0.717) is 12.0 Å². The van der Waals surface area contributed by atoms with Gasteiger partial charge in [0.25, 0.3) is 0 Å². The Bertz CT molecular complexity index is 716. The molecule has 0 spiro atoms. The fourth-order valence-corrected chi connectivity index (χ4v) is 4.07. The lowest BCUT2D eigenvalue weighted by atomic mass is 9.85. The number of hydrogen-bond acceptors (Lipinski definition) is 3. The number of aryl methyl sites for hydroxylation is 3. The minimum Gasteiger partial charge on any atom is -0.507 e. The molecule has 122 valence electrons. The topological polar surface area (TPSA) is 46.5 Å². The van der Waals surface area contributed by atoms with Gasteiger partial charge in [0.15, 0.2) is 11.4 Å². The largest absolute Gasteiger partial charge is 0.507 e. The molecule has 0 saturated carbocycles. The van der Waals surface area contributed by atoms with Crippen molar-refractivity contribution in [3.63, 3.8) is 0 Å². The highest BCUT2D eigenvalue weighted by atomic mass is 16.6. The lowest BCUT2D eigenvalue weighted by molar-refractivity contribution is -0.144. The van der Waals surface area contributed by atoms with E-state index in [2.05, 4.69) is 6.08 Å². The van der Waals surface area contributed by atoms with Gasteiger partial charge in [-0.05, 0) is 68.7 Å². The van der Waals surface area contributed by atoms with E-state index >= 15 is 0 Å². The average molecular weight is 312 g/mol. The van der Waals surface area contributed by atoms with Crippen LogP contribution in [0, 0.1) is 20.8 Å². The van der Waals surface area contributed by atoms with E-state index in [1.54, 1.807) is 0 Å². The summed E-state index contributed by atoms with van der Waals surface area (Å²) in [6.45, 7) is 7.94. The van der Waals surface area contributed by atoms with Crippen molar-refractivity contribution in [2.45, 2.75) is 59.0 Å². The Hall–Kier alpha value is -2.03. The zero-order valence-electron chi connectivity index (χ0n) is 14.3. The Balaban J connectivity index is 2.21. The first kappa shape index (κ1) is 15.9. The van der Waals surface area contributed by atoms with E-state index in [9.17, 15) is 9.90 Å². The Morgan fingerprint density at radius 1 is 1.22 bits per heavy atom. The number of esters is 1. The minimum atomic E-state index is -0.952. The molecule has 1 heterocycles. The molecule has 1 atom stereocenters. The number of allylic oxidation sites excluding steroid dienone is 1. The fourth-order valence-electron chi connectivity index (χ4n) is 4.07. The van der Waals surface area contributed by atoms with E-state index in [4.69, 9.17) is 4.74 Å². The summed E-state index contributed by atoms with van der Waals surface area (Å²) in [6, 6.07) is 4.08. The van der Waals surface area contributed by atoms with Gasteiger partial charge in [-0.2, -0.15) is 0 Å². The Labute approximate surface area is 137 Å². The van der Waals surface area contributed by atoms with Crippen molar-refractivity contribution in [3.05, 3.63) is 51.8 Å². The van der Waals surface area contributed by atoms with Gasteiger partial charge in [-0.3, -0.25) is 0 Å². The van der Waals surface area contributed by atoms with Crippen molar-refractivity contribution in [1.82, 2.24) is 0 Å². The summed E-state index contributed by atoms with van der Waals surface area (Å²) in [5.41, 5.74) is 4.38. The second kappa shape index (κ2) is 5.55. The predicted octanol–water partition coefficient (Wildman–Crippen LogP) is 4.70. The number of aliphatic hydroxyl groups excluding tert-OH is 1. The molecule has 0 amide bonds. The Morgan fingerprint density at radius 2 is 1.87 bits per heavy atom. The number of carbonyl (C=O) groups excluding carboxylic acids is 1. The molecule has 3 heteroatoms. The van der Waals surface area contributed by atoms with Crippen LogP contribution in [0.15, 0.2) is 29.5 Å². The number of carbonyl (C=O) groups is 1. The van der Waals surface area contributed by atoms with Crippen molar-refractivity contribution < 1.29 is 14.6 Å². The smallest absolute Gasteiger partial charge is 0.343 e. The van der Waals surface area contributed by atoms with Gasteiger partial charge < -0.3 is 9.84 Å². The summed E-state index contributed by atoms with van der Waals surface area (Å²) in [6.07, 6.45) is 5.60. The first-order chi connectivity index (χ1) is 10.9. The maximum atomic E-state index is 12.6. The average Bonchev–Trinajstić information content (AvgIpc) is 3.08. The molecule has 23 heavy (non-hydrogen) atoms. The monoisotopic (exact) mass is 312 g/mol. The van der Waals surface area contributed by atoms with Gasteiger partial charge in [0.05, 0.1) is 0 Å². The van der Waals surface area contributed by atoms with Gasteiger partial charge in [0.2, 0.25) is 0 Å². The van der Waals surface area contributed by atoms with Crippen LogP contribution in [0.25, 0.3) is 5.57 Å². The molecule has 2 aliphatic rings. The van der Waals surface area contributed by atoms with Gasteiger partial charge in [-0.25, -0.2) is 4.79 Å². The minimum absolute atomic E-state index is 0.0909. The molecule has 0 radical (unpaired) electrons. The first-order valence-corrected chi connectivity index (χ1v) is 8.35. The highest BCUT2D eigenvalue weighted by Gasteiger charge is 2.50. The molecule has 1 aromatic rings. The maximum absolute atomic E-state index is 12.6. The Kier molecular flexibility index (Phi) is 3.83. The van der Waals surface area contributed by atoms with E-state index in [0.717, 1.165) is 47.1 Å². The lowest BCUT2D eigenvalue weighted by Crippen LogP contribution is -2.33. The summed E-state index contributed by atoms with van der Waals surface area (Å²) in [5, 5.41) is 11.0. The molecule has 0 aromatic heterocycles. The third kappa shape index (κ3) is 2.30. The maximum Gasteiger partial charge on any atom is 0.343 e. The van der Waals surface area contributed by atoms with Crippen molar-refractivity contribution in [3.8, 4) is 0 Å². The lowest BCUT2D eigenvalue weighted by Gasteiger charge is -2.28. The van der Waals surface area contributed by atoms with Crippen LogP contribution in [-0.2, 0) is 9.53 Å². The van der Waals surface area contributed by atoms with E-state index in [-0.39, 0.29) is 5.76 Å². The zero-order valence-corrected chi connectivity index (χ0v) is 14.3. The zero-order chi connectivity index (χ0) is 16.8. The van der Waals surface area contributed by atoms with Gasteiger partial charge in [0.1, 0.15) is 5.57 Å². The SMILES string of the molecule is CCC1(C2=CCCC2)OC(=O)C(c2c(C)cc(C)cc2C)=C1O. The molecule has 0 bridgehead atoms. The molecule has 3 nitrogen and oxygen atoms in total. The van der Waals surface area contributed by atoms with Crippen LogP contribution < -0.4 is 0 Å². The molecule has 0 fully saturated rings. The van der Waals surface area contributed by atoms with Crippen LogP contribution >= 0.6 is 0 Å². The van der Waals surface area contributed by atoms with Crippen molar-refractivity contribution in [1.29, 1.82) is 0 Å². The Morgan fingerprint density at radius 3 is 2.39 bits per heavy atom. The number of hydrogen-bond donors (Lipinski definition) is 1. The summed E-state index contributed by atoms with van der Waals surface area (Å²) in [4.78, 5) is 12.6. The molecular formula is C20H24O3. The van der Waals surface area contributed by atoms with Gasteiger partial charge in [-0.15, -0.1) is 0 Å². The summed E-state index contributed by atoms with van der Waals surface area (Å²) in [7, 11) is 0. The molecule has 1 aromatic carbocycles. The van der Waals surface area contributed by atoms with Crippen LogP contribution in [0.1, 0.15) is 54.9 Å². The summed E-state index contributed by atoms with van der Waals surface area (Å²) < 4.78 is 5.77. The molecule has 1 unspecified atom stereocenters. The molecule has 0 saturated heterocycles. The van der Waals surface area contributed by atoms with Gasteiger partial charge >= 0.3 is 5.97 Å². The third-order valence-corrected chi connectivity index (χ3v) is 5.07. The van der Waals surface area contributed by atoms with Crippen molar-refractivity contribution >= 4 is 11.5 Å². The van der Waals surface area contributed by atoms with Crippen LogP contribution in [0.2, 0.25) is 0 Å². The molecular weight excluding hydrogens is 288 g/mol. The van der Waals surface area contributed by atoms with E-state index in [1.807, 2.05) is 39.8 Å². The van der Waals surface area contributed by atoms with Crippen LogP contribution in [-0.4, -0.2) is 16.7 Å². The van der Waals surface area contributed by atoms with E-state index < -0.39 is 11.6 Å². The third-order valence-electron chi connectivity index (χ3n) is 5.07. The molecule has 1 aliphatic carbocycles. The standard InChI is InChI=1S/C20H24O3/c1-5-20(15-8-6-7-9-15)18(21)17(19(22)23-20)16-13(3)10-12(2)11-14(16)4/h8,10-11,21H,5-7,9H2,1-4H3. The number of ether oxygens (including phenoxy) is 1. The number of cyclic esters (lactones) is 1. The quantitative estimate of drug-likeness (QED) is 0.650. The number of aliphatic hydroxyl groups is 1. The van der Waals surface area contributed by atoms with Crippen LogP contribution in [0.4, 0.5) is 0 Å². The van der Waals surface area contributed by atoms with Gasteiger partial charge in [-0.1, -0.05) is 30.7 Å². The summed E-state index contributed by atoms with van der Waals surface area (Å²) in [5.74, 6) is -0.319. The summed E-state index contributed by atoms with van der Waals surface area (Å²) >= 11 is 0. The normalized spacial score (nSPS) is 24.2. The second-order valence-electron chi connectivity index (χ2n) is 6.69. The first-order valence-electron chi connectivity index (χ1n) is 8.35. The highest BCUT2D eigenvalue weighted by molar-refractivity contribution is 6.20. The second-order valence-corrected chi connectivity index (χ2v) is 6.69. The number of rotatable bonds is 3. The van der Waals surface area contributed by atoms with Crippen molar-refractivity contribution in [2.75, 3.05) is 0 Å². The van der Waals surface area contributed by atoms with E-state index in [1.165, 1.54) is 0 Å². The fraction of sp³-hybridized carbons (Fsp3) is 0.450.